The van der Waals surface area contributed by atoms with Crippen LogP contribution in [0.25, 0.3) is 11.1 Å². The van der Waals surface area contributed by atoms with Crippen molar-refractivity contribution in [1.82, 2.24) is 0 Å². The highest BCUT2D eigenvalue weighted by atomic mass is 79.9. The van der Waals surface area contributed by atoms with Gasteiger partial charge in [-0.3, -0.25) is 0 Å². The highest BCUT2D eigenvalue weighted by Crippen LogP contribution is 2.35. The normalized spacial score (nSPS) is 10.5. The Labute approximate surface area is 156 Å². The largest absolute Gasteiger partial charge is 0.508 e. The SMILES string of the molecule is CCC(=C(c1ccc(O)cc1)c1ccc(O)cc1)c1ccc(Br)cc1. The molecule has 126 valence electrons. The summed E-state index contributed by atoms with van der Waals surface area (Å²) in [6.07, 6.45) is 0.860. The van der Waals surface area contributed by atoms with E-state index >= 15 is 0 Å². The van der Waals surface area contributed by atoms with Gasteiger partial charge in [0.2, 0.25) is 0 Å². The van der Waals surface area contributed by atoms with Crippen LogP contribution in [0.2, 0.25) is 0 Å². The van der Waals surface area contributed by atoms with Crippen LogP contribution in [-0.2, 0) is 0 Å². The molecule has 0 unspecified atom stereocenters. The van der Waals surface area contributed by atoms with Crippen molar-refractivity contribution >= 4 is 27.1 Å². The van der Waals surface area contributed by atoms with Gasteiger partial charge in [0.05, 0.1) is 0 Å². The maximum atomic E-state index is 9.63. The Kier molecular flexibility index (Phi) is 5.25. The van der Waals surface area contributed by atoms with E-state index in [0.29, 0.717) is 0 Å². The molecule has 3 heteroatoms. The van der Waals surface area contributed by atoms with Gasteiger partial charge >= 0.3 is 0 Å². The minimum atomic E-state index is 0.246. The average molecular weight is 395 g/mol. The Bertz CT molecular complexity index is 829. The fourth-order valence-electron chi connectivity index (χ4n) is 2.95. The van der Waals surface area contributed by atoms with Gasteiger partial charge in [0.25, 0.3) is 0 Å². The Balaban J connectivity index is 2.25. The maximum absolute atomic E-state index is 9.63. The monoisotopic (exact) mass is 394 g/mol. The lowest BCUT2D eigenvalue weighted by molar-refractivity contribution is 0.475. The van der Waals surface area contributed by atoms with Crippen molar-refractivity contribution in [2.24, 2.45) is 0 Å². The Morgan fingerprint density at radius 3 is 1.48 bits per heavy atom. The number of hydrogen-bond donors (Lipinski definition) is 2. The molecule has 0 aromatic heterocycles. The number of phenolic OH excluding ortho intramolecular Hbond substituents is 2. The van der Waals surface area contributed by atoms with Crippen LogP contribution in [0.3, 0.4) is 0 Å². The van der Waals surface area contributed by atoms with Crippen LogP contribution >= 0.6 is 15.9 Å². The molecule has 0 aliphatic heterocycles. The third-order valence-corrected chi connectivity index (χ3v) is 4.69. The van der Waals surface area contributed by atoms with Crippen molar-refractivity contribution in [3.63, 3.8) is 0 Å². The van der Waals surface area contributed by atoms with E-state index < -0.39 is 0 Å². The topological polar surface area (TPSA) is 40.5 Å². The van der Waals surface area contributed by atoms with Gasteiger partial charge in [-0.15, -0.1) is 0 Å². The summed E-state index contributed by atoms with van der Waals surface area (Å²) in [5.74, 6) is 0.492. The molecule has 0 heterocycles. The summed E-state index contributed by atoms with van der Waals surface area (Å²) >= 11 is 3.49. The van der Waals surface area contributed by atoms with E-state index in [9.17, 15) is 10.2 Å². The second-order valence-electron chi connectivity index (χ2n) is 5.81. The molecule has 3 aromatic carbocycles. The summed E-state index contributed by atoms with van der Waals surface area (Å²) in [4.78, 5) is 0. The van der Waals surface area contributed by atoms with E-state index in [2.05, 4.69) is 35.0 Å². The van der Waals surface area contributed by atoms with E-state index in [1.807, 2.05) is 36.4 Å². The number of halogens is 1. The van der Waals surface area contributed by atoms with Gasteiger partial charge in [-0.05, 0) is 70.7 Å². The zero-order valence-electron chi connectivity index (χ0n) is 13.9. The Morgan fingerprint density at radius 2 is 1.08 bits per heavy atom. The molecular weight excluding hydrogens is 376 g/mol. The van der Waals surface area contributed by atoms with E-state index in [1.54, 1.807) is 24.3 Å². The van der Waals surface area contributed by atoms with Crippen LogP contribution in [0, 0.1) is 0 Å². The summed E-state index contributed by atoms with van der Waals surface area (Å²) < 4.78 is 1.04. The smallest absolute Gasteiger partial charge is 0.115 e. The van der Waals surface area contributed by atoms with E-state index in [0.717, 1.165) is 33.2 Å². The van der Waals surface area contributed by atoms with E-state index in [4.69, 9.17) is 0 Å². The summed E-state index contributed by atoms with van der Waals surface area (Å²) in [5, 5.41) is 19.3. The number of hydrogen-bond acceptors (Lipinski definition) is 2. The van der Waals surface area contributed by atoms with Gasteiger partial charge in [-0.2, -0.15) is 0 Å². The molecule has 2 N–H and O–H groups in total. The summed E-state index contributed by atoms with van der Waals surface area (Å²) in [6, 6.07) is 22.8. The molecule has 0 aliphatic carbocycles. The second kappa shape index (κ2) is 7.58. The van der Waals surface area contributed by atoms with Gasteiger partial charge in [0.15, 0.2) is 0 Å². The van der Waals surface area contributed by atoms with Crippen molar-refractivity contribution in [2.75, 3.05) is 0 Å². The molecular formula is C22H19BrO2. The highest BCUT2D eigenvalue weighted by molar-refractivity contribution is 9.10. The first-order valence-corrected chi connectivity index (χ1v) is 8.95. The van der Waals surface area contributed by atoms with Crippen molar-refractivity contribution in [3.05, 3.63) is 94.0 Å². The van der Waals surface area contributed by atoms with Gasteiger partial charge in [-0.25, -0.2) is 0 Å². The summed E-state index contributed by atoms with van der Waals surface area (Å²) in [7, 11) is 0. The maximum Gasteiger partial charge on any atom is 0.115 e. The van der Waals surface area contributed by atoms with Gasteiger partial charge in [0, 0.05) is 4.47 Å². The molecule has 2 nitrogen and oxygen atoms in total. The predicted octanol–water partition coefficient (Wildman–Crippen LogP) is 6.23. The Morgan fingerprint density at radius 1 is 0.680 bits per heavy atom. The van der Waals surface area contributed by atoms with Crippen molar-refractivity contribution in [3.8, 4) is 11.5 Å². The molecule has 0 atom stereocenters. The number of benzene rings is 3. The molecule has 3 rings (SSSR count). The third kappa shape index (κ3) is 3.94. The lowest BCUT2D eigenvalue weighted by Gasteiger charge is -2.16. The summed E-state index contributed by atoms with van der Waals surface area (Å²) in [6.45, 7) is 2.14. The highest BCUT2D eigenvalue weighted by Gasteiger charge is 2.13. The number of rotatable bonds is 4. The lowest BCUT2D eigenvalue weighted by atomic mass is 9.88. The van der Waals surface area contributed by atoms with Crippen LogP contribution in [0.1, 0.15) is 30.0 Å². The molecule has 0 bridgehead atoms. The standard InChI is InChI=1S/C22H19BrO2/c1-2-21(15-3-9-18(23)10-4-15)22(16-5-11-19(24)12-6-16)17-7-13-20(25)14-8-17/h3-14,24-25H,2H2,1H3. The van der Waals surface area contributed by atoms with E-state index in [-0.39, 0.29) is 11.5 Å². The van der Waals surface area contributed by atoms with Crippen LogP contribution in [-0.4, -0.2) is 10.2 Å². The molecule has 0 fully saturated rings. The fourth-order valence-corrected chi connectivity index (χ4v) is 3.21. The van der Waals surface area contributed by atoms with Crippen LogP contribution in [0.4, 0.5) is 0 Å². The van der Waals surface area contributed by atoms with Gasteiger partial charge < -0.3 is 10.2 Å². The minimum Gasteiger partial charge on any atom is -0.508 e. The molecule has 0 saturated carbocycles. The number of phenols is 2. The quantitative estimate of drug-likeness (QED) is 0.514. The lowest BCUT2D eigenvalue weighted by Crippen LogP contribution is -1.95. The van der Waals surface area contributed by atoms with Crippen LogP contribution < -0.4 is 0 Å². The first-order valence-electron chi connectivity index (χ1n) is 8.16. The molecule has 0 saturated heterocycles. The van der Waals surface area contributed by atoms with Crippen molar-refractivity contribution in [1.29, 1.82) is 0 Å². The first-order chi connectivity index (χ1) is 12.1. The molecule has 3 aromatic rings. The molecule has 25 heavy (non-hydrogen) atoms. The fraction of sp³-hybridized carbons (Fsp3) is 0.0909. The molecule has 0 aliphatic rings. The van der Waals surface area contributed by atoms with Crippen LogP contribution in [0.5, 0.6) is 11.5 Å². The zero-order chi connectivity index (χ0) is 17.8. The molecule has 0 spiro atoms. The Hall–Kier alpha value is -2.52. The zero-order valence-corrected chi connectivity index (χ0v) is 15.5. The minimum absolute atomic E-state index is 0.246. The van der Waals surface area contributed by atoms with Gasteiger partial charge in [-0.1, -0.05) is 59.3 Å². The van der Waals surface area contributed by atoms with Gasteiger partial charge in [0.1, 0.15) is 11.5 Å². The molecule has 0 amide bonds. The predicted molar refractivity (Wildman–Crippen MR) is 107 cm³/mol. The second-order valence-corrected chi connectivity index (χ2v) is 6.72. The molecule has 0 radical (unpaired) electrons. The average Bonchev–Trinajstić information content (AvgIpc) is 2.63. The number of aromatic hydroxyl groups is 2. The van der Waals surface area contributed by atoms with Crippen molar-refractivity contribution < 1.29 is 10.2 Å². The third-order valence-electron chi connectivity index (χ3n) is 4.16. The van der Waals surface area contributed by atoms with Crippen molar-refractivity contribution in [2.45, 2.75) is 13.3 Å². The van der Waals surface area contributed by atoms with Crippen LogP contribution in [0.15, 0.2) is 77.3 Å². The summed E-state index contributed by atoms with van der Waals surface area (Å²) in [5.41, 5.74) is 5.53. The first kappa shape index (κ1) is 17.3. The van der Waals surface area contributed by atoms with E-state index in [1.165, 1.54) is 5.57 Å². The number of allylic oxidation sites excluding steroid dienone is 1.